The first-order valence-corrected chi connectivity index (χ1v) is 5.18. The lowest BCUT2D eigenvalue weighted by molar-refractivity contribution is -0.387. The molecule has 0 aliphatic heterocycles. The predicted molar refractivity (Wildman–Crippen MR) is 56.1 cm³/mol. The van der Waals surface area contributed by atoms with Crippen LogP contribution in [0.25, 0.3) is 0 Å². The fraction of sp³-hybridized carbons (Fsp3) is 0.222. The summed E-state index contributed by atoms with van der Waals surface area (Å²) in [5.74, 6) is -0.568. The largest absolute Gasteiger partial charge is 0.481 e. The molecule has 1 rings (SSSR count). The van der Waals surface area contributed by atoms with Gasteiger partial charge in [0.2, 0.25) is 0 Å². The number of nitro groups is 1. The molecule has 0 spiro atoms. The second-order valence-electron chi connectivity index (χ2n) is 2.72. The van der Waals surface area contributed by atoms with Gasteiger partial charge in [0.15, 0.2) is 0 Å². The third-order valence-corrected chi connectivity index (χ3v) is 2.70. The molecule has 80 valence electrons. The van der Waals surface area contributed by atoms with Crippen LogP contribution in [0, 0.1) is 10.1 Å². The number of nitrogens with zero attached hydrogens (tertiary/aromatic N) is 1. The van der Waals surface area contributed by atoms with Crippen molar-refractivity contribution in [2.75, 3.05) is 5.75 Å². The van der Waals surface area contributed by atoms with E-state index in [0.29, 0.717) is 10.6 Å². The zero-order chi connectivity index (χ0) is 11.3. The number of benzene rings is 1. The molecule has 0 unspecified atom stereocenters. The van der Waals surface area contributed by atoms with Crippen LogP contribution in [0.4, 0.5) is 5.69 Å². The third kappa shape index (κ3) is 3.59. The van der Waals surface area contributed by atoms with Crippen molar-refractivity contribution < 1.29 is 14.8 Å². The number of thioether (sulfide) groups is 1. The number of hydrogen-bond acceptors (Lipinski definition) is 4. The second kappa shape index (κ2) is 5.35. The lowest BCUT2D eigenvalue weighted by Crippen LogP contribution is -1.96. The van der Waals surface area contributed by atoms with Crippen molar-refractivity contribution in [2.45, 2.75) is 11.3 Å². The van der Waals surface area contributed by atoms with Crippen molar-refractivity contribution in [3.8, 4) is 0 Å². The molecule has 0 bridgehead atoms. The summed E-state index contributed by atoms with van der Waals surface area (Å²) in [5.41, 5.74) is 0.0212. The van der Waals surface area contributed by atoms with Gasteiger partial charge in [0.05, 0.1) is 16.2 Å². The Morgan fingerprint density at radius 1 is 1.47 bits per heavy atom. The molecule has 0 amide bonds. The van der Waals surface area contributed by atoms with Crippen molar-refractivity contribution in [2.24, 2.45) is 0 Å². The number of rotatable bonds is 5. The van der Waals surface area contributed by atoms with Crippen molar-refractivity contribution in [3.05, 3.63) is 34.4 Å². The first-order valence-electron chi connectivity index (χ1n) is 4.19. The molecule has 0 heterocycles. The number of aliphatic carboxylic acids is 1. The van der Waals surface area contributed by atoms with Crippen LogP contribution in [0.2, 0.25) is 0 Å². The Labute approximate surface area is 90.3 Å². The van der Waals surface area contributed by atoms with Crippen LogP contribution in [0.3, 0.4) is 0 Å². The molecule has 6 heteroatoms. The van der Waals surface area contributed by atoms with Crippen LogP contribution < -0.4 is 0 Å². The molecular formula is C9H9NO4S. The summed E-state index contributed by atoms with van der Waals surface area (Å²) in [7, 11) is 0. The van der Waals surface area contributed by atoms with Gasteiger partial charge in [0.25, 0.3) is 5.69 Å². The molecule has 0 atom stereocenters. The van der Waals surface area contributed by atoms with Gasteiger partial charge < -0.3 is 5.11 Å². The monoisotopic (exact) mass is 227 g/mol. The van der Waals surface area contributed by atoms with Crippen molar-refractivity contribution in [1.82, 2.24) is 0 Å². The van der Waals surface area contributed by atoms with Crippen molar-refractivity contribution in [1.29, 1.82) is 0 Å². The van der Waals surface area contributed by atoms with Gasteiger partial charge in [-0.1, -0.05) is 12.1 Å². The molecular weight excluding hydrogens is 218 g/mol. The molecule has 0 fully saturated rings. The predicted octanol–water partition coefficient (Wildman–Crippen LogP) is 2.16. The van der Waals surface area contributed by atoms with Gasteiger partial charge >= 0.3 is 5.97 Å². The van der Waals surface area contributed by atoms with Crippen LogP contribution in [0.1, 0.15) is 6.42 Å². The molecule has 0 aliphatic carbocycles. The molecule has 0 aromatic heterocycles. The van der Waals surface area contributed by atoms with Gasteiger partial charge in [-0.25, -0.2) is 0 Å². The molecule has 15 heavy (non-hydrogen) atoms. The minimum Gasteiger partial charge on any atom is -0.481 e. The molecule has 0 saturated carbocycles. The molecule has 1 aromatic carbocycles. The lowest BCUT2D eigenvalue weighted by Gasteiger charge is -2.00. The fourth-order valence-corrected chi connectivity index (χ4v) is 1.94. The molecule has 0 saturated heterocycles. The van der Waals surface area contributed by atoms with Gasteiger partial charge in [-0.05, 0) is 6.07 Å². The molecule has 1 aromatic rings. The quantitative estimate of drug-likeness (QED) is 0.473. The number of carboxylic acids is 1. The van der Waals surface area contributed by atoms with Crippen molar-refractivity contribution in [3.63, 3.8) is 0 Å². The standard InChI is InChI=1S/C9H9NO4S/c11-9(12)5-6-15-8-4-2-1-3-7(8)10(13)14/h1-4H,5-6H2,(H,11,12). The summed E-state index contributed by atoms with van der Waals surface area (Å²) in [6.07, 6.45) is -0.00326. The SMILES string of the molecule is O=C(O)CCSc1ccccc1[N+](=O)[O-]. The summed E-state index contributed by atoms with van der Waals surface area (Å²) in [4.78, 5) is 20.9. The molecule has 0 radical (unpaired) electrons. The summed E-state index contributed by atoms with van der Waals surface area (Å²) >= 11 is 1.18. The first kappa shape index (κ1) is 11.5. The Balaban J connectivity index is 2.67. The fourth-order valence-electron chi connectivity index (χ4n) is 0.978. The Morgan fingerprint density at radius 3 is 2.73 bits per heavy atom. The van der Waals surface area contributed by atoms with E-state index in [0.717, 1.165) is 0 Å². The third-order valence-electron chi connectivity index (χ3n) is 1.64. The zero-order valence-corrected chi connectivity index (χ0v) is 8.57. The Bertz CT molecular complexity index is 380. The summed E-state index contributed by atoms with van der Waals surface area (Å²) in [5, 5.41) is 19.0. The van der Waals surface area contributed by atoms with E-state index in [9.17, 15) is 14.9 Å². The molecule has 5 nitrogen and oxygen atoms in total. The zero-order valence-electron chi connectivity index (χ0n) is 7.75. The lowest BCUT2D eigenvalue weighted by atomic mass is 10.3. The van der Waals surface area contributed by atoms with E-state index >= 15 is 0 Å². The van der Waals surface area contributed by atoms with E-state index in [-0.39, 0.29) is 12.1 Å². The van der Waals surface area contributed by atoms with E-state index in [2.05, 4.69) is 0 Å². The van der Waals surface area contributed by atoms with Crippen LogP contribution in [0.15, 0.2) is 29.2 Å². The van der Waals surface area contributed by atoms with E-state index in [1.807, 2.05) is 0 Å². The summed E-state index contributed by atoms with van der Waals surface area (Å²) in [6.45, 7) is 0. The minimum atomic E-state index is -0.902. The summed E-state index contributed by atoms with van der Waals surface area (Å²) < 4.78 is 0. The van der Waals surface area contributed by atoms with E-state index in [1.54, 1.807) is 18.2 Å². The van der Waals surface area contributed by atoms with Crippen LogP contribution in [-0.4, -0.2) is 21.8 Å². The van der Waals surface area contributed by atoms with Crippen LogP contribution >= 0.6 is 11.8 Å². The maximum absolute atomic E-state index is 10.6. The number of nitro benzene ring substituents is 1. The van der Waals surface area contributed by atoms with E-state index < -0.39 is 10.9 Å². The normalized spacial score (nSPS) is 9.87. The van der Waals surface area contributed by atoms with E-state index in [4.69, 9.17) is 5.11 Å². The molecule has 1 N–H and O–H groups in total. The average molecular weight is 227 g/mol. The Kier molecular flexibility index (Phi) is 4.11. The number of carbonyl (C=O) groups is 1. The number of carboxylic acid groups (broad SMARTS) is 1. The second-order valence-corrected chi connectivity index (χ2v) is 3.85. The summed E-state index contributed by atoms with van der Waals surface area (Å²) in [6, 6.07) is 6.29. The minimum absolute atomic E-state index is 0.00326. The topological polar surface area (TPSA) is 80.4 Å². The van der Waals surface area contributed by atoms with Gasteiger partial charge in [0, 0.05) is 11.8 Å². The first-order chi connectivity index (χ1) is 7.11. The molecule has 0 aliphatic rings. The van der Waals surface area contributed by atoms with E-state index in [1.165, 1.54) is 17.8 Å². The average Bonchev–Trinajstić information content (AvgIpc) is 2.17. The number of hydrogen-bond donors (Lipinski definition) is 1. The highest BCUT2D eigenvalue weighted by Gasteiger charge is 2.12. The van der Waals surface area contributed by atoms with Gasteiger partial charge in [-0.15, -0.1) is 11.8 Å². The highest BCUT2D eigenvalue weighted by molar-refractivity contribution is 7.99. The van der Waals surface area contributed by atoms with Crippen LogP contribution in [-0.2, 0) is 4.79 Å². The highest BCUT2D eigenvalue weighted by Crippen LogP contribution is 2.28. The highest BCUT2D eigenvalue weighted by atomic mass is 32.2. The van der Waals surface area contributed by atoms with Gasteiger partial charge in [-0.3, -0.25) is 14.9 Å². The number of para-hydroxylation sites is 1. The Morgan fingerprint density at radius 2 is 2.13 bits per heavy atom. The smallest absolute Gasteiger partial charge is 0.304 e. The maximum Gasteiger partial charge on any atom is 0.304 e. The Hall–Kier alpha value is -1.56. The van der Waals surface area contributed by atoms with Crippen LogP contribution in [0.5, 0.6) is 0 Å². The maximum atomic E-state index is 10.6. The van der Waals surface area contributed by atoms with Gasteiger partial charge in [-0.2, -0.15) is 0 Å². The van der Waals surface area contributed by atoms with Gasteiger partial charge in [0.1, 0.15) is 0 Å². The van der Waals surface area contributed by atoms with Crippen molar-refractivity contribution >= 4 is 23.4 Å².